The Labute approximate surface area is 150 Å². The molecule has 0 aromatic carbocycles. The number of nitrogens with zero attached hydrogens (tertiary/aromatic N) is 6. The Hall–Kier alpha value is -1.87. The van der Waals surface area contributed by atoms with Crippen molar-refractivity contribution in [1.29, 1.82) is 0 Å². The van der Waals surface area contributed by atoms with E-state index in [-0.39, 0.29) is 5.56 Å². The molecule has 2 aliphatic heterocycles. The first-order valence-corrected chi connectivity index (χ1v) is 9.80. The van der Waals surface area contributed by atoms with Gasteiger partial charge in [-0.2, -0.15) is 21.8 Å². The van der Waals surface area contributed by atoms with Crippen molar-refractivity contribution >= 4 is 17.8 Å². The first-order chi connectivity index (χ1) is 12.2. The van der Waals surface area contributed by atoms with Crippen LogP contribution in [0.4, 0.5) is 6.01 Å². The Bertz CT molecular complexity index is 796. The van der Waals surface area contributed by atoms with Gasteiger partial charge in [0.25, 0.3) is 5.56 Å². The van der Waals surface area contributed by atoms with Gasteiger partial charge in [0.1, 0.15) is 0 Å². The molecule has 134 valence electrons. The minimum absolute atomic E-state index is 0.0150. The van der Waals surface area contributed by atoms with Crippen molar-refractivity contribution < 1.29 is 4.52 Å². The molecule has 0 aliphatic carbocycles. The monoisotopic (exact) mass is 362 g/mol. The van der Waals surface area contributed by atoms with Crippen LogP contribution in [0.25, 0.3) is 0 Å². The van der Waals surface area contributed by atoms with E-state index < -0.39 is 0 Å². The molecule has 8 nitrogen and oxygen atoms in total. The molecule has 25 heavy (non-hydrogen) atoms. The van der Waals surface area contributed by atoms with Crippen LogP contribution < -0.4 is 10.5 Å². The highest BCUT2D eigenvalue weighted by Crippen LogP contribution is 2.21. The molecular weight excluding hydrogens is 340 g/mol. The minimum Gasteiger partial charge on any atom is -0.322 e. The largest absolute Gasteiger partial charge is 0.324 e. The van der Waals surface area contributed by atoms with Crippen molar-refractivity contribution in [2.45, 2.75) is 25.6 Å². The second kappa shape index (κ2) is 7.17. The maximum Gasteiger partial charge on any atom is 0.324 e. The molecule has 0 N–H and O–H groups in total. The summed E-state index contributed by atoms with van der Waals surface area (Å²) >= 11 is 1.87. The molecule has 4 heterocycles. The Balaban J connectivity index is 1.33. The van der Waals surface area contributed by atoms with Crippen LogP contribution in [0.3, 0.4) is 0 Å². The fourth-order valence-electron chi connectivity index (χ4n) is 3.23. The molecule has 0 atom stereocenters. The summed E-state index contributed by atoms with van der Waals surface area (Å²) in [5.41, 5.74) is 2.22. The fourth-order valence-corrected chi connectivity index (χ4v) is 4.18. The molecule has 4 rings (SSSR count). The predicted molar refractivity (Wildman–Crippen MR) is 96.1 cm³/mol. The van der Waals surface area contributed by atoms with Gasteiger partial charge >= 0.3 is 6.01 Å². The molecule has 1 saturated heterocycles. The second-order valence-corrected chi connectivity index (χ2v) is 7.54. The number of fused-ring (bicyclic) bond motifs is 1. The highest BCUT2D eigenvalue weighted by molar-refractivity contribution is 7.98. The van der Waals surface area contributed by atoms with Crippen LogP contribution in [0.2, 0.25) is 0 Å². The summed E-state index contributed by atoms with van der Waals surface area (Å²) in [5, 5.41) is 8.43. The number of hydrogen-bond donors (Lipinski definition) is 0. The topological polar surface area (TPSA) is 80.3 Å². The van der Waals surface area contributed by atoms with Crippen molar-refractivity contribution in [2.75, 3.05) is 43.4 Å². The van der Waals surface area contributed by atoms with E-state index in [0.29, 0.717) is 18.4 Å². The summed E-state index contributed by atoms with van der Waals surface area (Å²) in [7, 11) is 0. The molecule has 0 amide bonds. The summed E-state index contributed by atoms with van der Waals surface area (Å²) in [4.78, 5) is 21.0. The van der Waals surface area contributed by atoms with Gasteiger partial charge in [-0.1, -0.05) is 5.16 Å². The first kappa shape index (κ1) is 16.6. The molecule has 2 aromatic rings. The van der Waals surface area contributed by atoms with E-state index in [9.17, 15) is 4.79 Å². The smallest absolute Gasteiger partial charge is 0.322 e. The number of aryl methyl sites for hydroxylation is 2. The lowest BCUT2D eigenvalue weighted by molar-refractivity contribution is 0.236. The summed E-state index contributed by atoms with van der Waals surface area (Å²) in [6, 6.07) is 2.37. The molecule has 2 aromatic heterocycles. The maximum absolute atomic E-state index is 12.2. The SMILES string of the molecule is Cc1noc(N2CCN(CCn3nc4c(cc3=O)CSCC4)CC2)n1. The first-order valence-electron chi connectivity index (χ1n) is 8.64. The Kier molecular flexibility index (Phi) is 4.76. The lowest BCUT2D eigenvalue weighted by Crippen LogP contribution is -2.47. The van der Waals surface area contributed by atoms with E-state index in [4.69, 9.17) is 4.52 Å². The van der Waals surface area contributed by atoms with Gasteiger partial charge in [-0.05, 0) is 18.2 Å². The van der Waals surface area contributed by atoms with Crippen LogP contribution in [-0.4, -0.2) is 63.3 Å². The average Bonchev–Trinajstić information content (AvgIpc) is 3.07. The summed E-state index contributed by atoms with van der Waals surface area (Å²) in [6.45, 7) is 6.83. The molecule has 9 heteroatoms. The third-order valence-corrected chi connectivity index (χ3v) is 5.70. The van der Waals surface area contributed by atoms with E-state index >= 15 is 0 Å². The number of anilines is 1. The standard InChI is InChI=1S/C16H22N6O2S/c1-12-17-16(24-19-12)21-6-3-20(4-7-21)5-8-22-15(23)10-13-11-25-9-2-14(13)18-22/h10H,2-9,11H2,1H3. The Morgan fingerprint density at radius 1 is 1.24 bits per heavy atom. The lowest BCUT2D eigenvalue weighted by Gasteiger charge is -2.33. The van der Waals surface area contributed by atoms with Crippen molar-refractivity contribution in [3.05, 3.63) is 33.5 Å². The van der Waals surface area contributed by atoms with E-state index in [1.165, 1.54) is 0 Å². The normalized spacial score (nSPS) is 18.4. The van der Waals surface area contributed by atoms with Gasteiger partial charge in [0, 0.05) is 51.0 Å². The Morgan fingerprint density at radius 2 is 2.08 bits per heavy atom. The lowest BCUT2D eigenvalue weighted by atomic mass is 10.2. The van der Waals surface area contributed by atoms with Crippen LogP contribution in [0.15, 0.2) is 15.4 Å². The molecule has 0 saturated carbocycles. The van der Waals surface area contributed by atoms with Gasteiger partial charge in [0.2, 0.25) is 0 Å². The van der Waals surface area contributed by atoms with Gasteiger partial charge in [0.15, 0.2) is 5.82 Å². The van der Waals surface area contributed by atoms with Crippen LogP contribution in [0, 0.1) is 6.92 Å². The number of aromatic nitrogens is 4. The zero-order valence-corrected chi connectivity index (χ0v) is 15.2. The van der Waals surface area contributed by atoms with Gasteiger partial charge in [-0.15, -0.1) is 0 Å². The predicted octanol–water partition coefficient (Wildman–Crippen LogP) is 0.546. The van der Waals surface area contributed by atoms with Crippen LogP contribution in [-0.2, 0) is 18.7 Å². The zero-order chi connectivity index (χ0) is 17.2. The van der Waals surface area contributed by atoms with E-state index in [1.807, 2.05) is 18.7 Å². The molecule has 0 bridgehead atoms. The summed E-state index contributed by atoms with van der Waals surface area (Å²) in [6.07, 6.45) is 0.961. The fraction of sp³-hybridized carbons (Fsp3) is 0.625. The average molecular weight is 362 g/mol. The number of rotatable bonds is 4. The van der Waals surface area contributed by atoms with Crippen molar-refractivity contribution in [3.8, 4) is 0 Å². The van der Waals surface area contributed by atoms with Gasteiger partial charge in [-0.25, -0.2) is 4.68 Å². The zero-order valence-electron chi connectivity index (χ0n) is 14.3. The van der Waals surface area contributed by atoms with Crippen molar-refractivity contribution in [3.63, 3.8) is 0 Å². The van der Waals surface area contributed by atoms with Crippen LogP contribution in [0.1, 0.15) is 17.1 Å². The molecular formula is C16H22N6O2S. The quantitative estimate of drug-likeness (QED) is 0.780. The molecule has 0 radical (unpaired) electrons. The highest BCUT2D eigenvalue weighted by atomic mass is 32.2. The highest BCUT2D eigenvalue weighted by Gasteiger charge is 2.21. The number of thioether (sulfide) groups is 1. The number of hydrogen-bond acceptors (Lipinski definition) is 8. The molecule has 1 fully saturated rings. The second-order valence-electron chi connectivity index (χ2n) is 6.43. The van der Waals surface area contributed by atoms with E-state index in [0.717, 1.165) is 61.9 Å². The van der Waals surface area contributed by atoms with Crippen molar-refractivity contribution in [1.82, 2.24) is 24.8 Å². The van der Waals surface area contributed by atoms with Gasteiger partial charge in [0.05, 0.1) is 12.2 Å². The van der Waals surface area contributed by atoms with Crippen LogP contribution in [0.5, 0.6) is 0 Å². The third-order valence-electron chi connectivity index (χ3n) is 4.69. The van der Waals surface area contributed by atoms with E-state index in [2.05, 4.69) is 25.0 Å². The van der Waals surface area contributed by atoms with Crippen molar-refractivity contribution in [2.24, 2.45) is 0 Å². The maximum atomic E-state index is 12.2. The molecule has 0 spiro atoms. The summed E-state index contributed by atoms with van der Waals surface area (Å²) < 4.78 is 6.85. The van der Waals surface area contributed by atoms with Crippen LogP contribution >= 0.6 is 11.8 Å². The van der Waals surface area contributed by atoms with Gasteiger partial charge < -0.3 is 9.42 Å². The minimum atomic E-state index is 0.0150. The van der Waals surface area contributed by atoms with Gasteiger partial charge in [-0.3, -0.25) is 9.69 Å². The van der Waals surface area contributed by atoms with E-state index in [1.54, 1.807) is 10.7 Å². The molecule has 0 unspecified atom stereocenters. The number of piperazine rings is 1. The third kappa shape index (κ3) is 3.72. The summed E-state index contributed by atoms with van der Waals surface area (Å²) in [5.74, 6) is 2.67. The Morgan fingerprint density at radius 3 is 2.84 bits per heavy atom. The molecule has 2 aliphatic rings.